The van der Waals surface area contributed by atoms with E-state index in [4.69, 9.17) is 4.42 Å². The van der Waals surface area contributed by atoms with Gasteiger partial charge >= 0.3 is 0 Å². The van der Waals surface area contributed by atoms with Gasteiger partial charge in [0.1, 0.15) is 5.76 Å². The molecule has 1 aromatic rings. The molecule has 2 N–H and O–H groups in total. The summed E-state index contributed by atoms with van der Waals surface area (Å²) in [5.41, 5.74) is -0.272. The van der Waals surface area contributed by atoms with E-state index < -0.39 is 10.0 Å². The Kier molecular flexibility index (Phi) is 5.76. The van der Waals surface area contributed by atoms with Crippen molar-refractivity contribution in [1.82, 2.24) is 14.9 Å². The van der Waals surface area contributed by atoms with Crippen LogP contribution >= 0.6 is 0 Å². The van der Waals surface area contributed by atoms with Gasteiger partial charge in [0, 0.05) is 12.1 Å². The van der Waals surface area contributed by atoms with Crippen LogP contribution in [-0.2, 0) is 16.6 Å². The first-order valence-corrected chi connectivity index (χ1v) is 8.14. The molecule has 0 aliphatic heterocycles. The first-order valence-electron chi connectivity index (χ1n) is 6.65. The summed E-state index contributed by atoms with van der Waals surface area (Å²) in [6, 6.07) is 3.16. The molecule has 0 spiro atoms. The monoisotopic (exact) mass is 303 g/mol. The van der Waals surface area contributed by atoms with Gasteiger partial charge in [-0.25, -0.2) is 13.1 Å². The SMILES string of the molecule is CCNCc1ccc(S(=O)(=O)NCC(C)(C)N(C)C)o1. The Morgan fingerprint density at radius 3 is 2.50 bits per heavy atom. The molecule has 0 fully saturated rings. The predicted molar refractivity (Wildman–Crippen MR) is 79.0 cm³/mol. The first kappa shape index (κ1) is 17.2. The standard InChI is InChI=1S/C13H25N3O3S/c1-6-14-9-11-7-8-12(19-11)20(17,18)15-10-13(2,3)16(4)5/h7-8,14-15H,6,9-10H2,1-5H3. The molecule has 20 heavy (non-hydrogen) atoms. The van der Waals surface area contributed by atoms with E-state index >= 15 is 0 Å². The van der Waals surface area contributed by atoms with E-state index in [1.807, 2.05) is 39.8 Å². The van der Waals surface area contributed by atoms with E-state index in [1.165, 1.54) is 6.07 Å². The number of hydrogen-bond acceptors (Lipinski definition) is 5. The number of furan rings is 1. The number of likely N-dealkylation sites (N-methyl/N-ethyl adjacent to an activating group) is 1. The van der Waals surface area contributed by atoms with Crippen LogP contribution in [-0.4, -0.2) is 46.0 Å². The van der Waals surface area contributed by atoms with Crippen molar-refractivity contribution in [3.63, 3.8) is 0 Å². The largest absolute Gasteiger partial charge is 0.447 e. The van der Waals surface area contributed by atoms with E-state index in [9.17, 15) is 8.42 Å². The summed E-state index contributed by atoms with van der Waals surface area (Å²) in [5, 5.41) is 3.04. The molecule has 0 aromatic carbocycles. The van der Waals surface area contributed by atoms with E-state index in [0.29, 0.717) is 18.8 Å². The molecule has 0 bridgehead atoms. The Morgan fingerprint density at radius 1 is 1.30 bits per heavy atom. The number of rotatable bonds is 8. The summed E-state index contributed by atoms with van der Waals surface area (Å²) in [5.74, 6) is 0.610. The van der Waals surface area contributed by atoms with Gasteiger partial charge < -0.3 is 14.6 Å². The summed E-state index contributed by atoms with van der Waals surface area (Å²) in [6.07, 6.45) is 0. The average molecular weight is 303 g/mol. The Balaban J connectivity index is 2.72. The third-order valence-electron chi connectivity index (χ3n) is 3.36. The normalized spacial score (nSPS) is 13.1. The molecule has 0 saturated carbocycles. The summed E-state index contributed by atoms with van der Waals surface area (Å²) >= 11 is 0. The van der Waals surface area contributed by atoms with Crippen molar-refractivity contribution in [2.45, 2.75) is 37.9 Å². The molecular weight excluding hydrogens is 278 g/mol. The second-order valence-corrected chi connectivity index (χ2v) is 7.23. The lowest BCUT2D eigenvalue weighted by Crippen LogP contribution is -2.48. The Morgan fingerprint density at radius 2 is 1.95 bits per heavy atom. The highest BCUT2D eigenvalue weighted by Crippen LogP contribution is 2.15. The lowest BCUT2D eigenvalue weighted by Gasteiger charge is -2.32. The van der Waals surface area contributed by atoms with Crippen LogP contribution in [0.1, 0.15) is 26.5 Å². The summed E-state index contributed by atoms with van der Waals surface area (Å²) in [6.45, 7) is 7.55. The highest BCUT2D eigenvalue weighted by Gasteiger charge is 2.25. The lowest BCUT2D eigenvalue weighted by molar-refractivity contribution is 0.198. The zero-order valence-corrected chi connectivity index (χ0v) is 13.7. The minimum absolute atomic E-state index is 0.0417. The third kappa shape index (κ3) is 4.59. The Bertz CT molecular complexity index is 521. The molecule has 0 unspecified atom stereocenters. The molecule has 6 nitrogen and oxygen atoms in total. The van der Waals surface area contributed by atoms with E-state index in [2.05, 4.69) is 10.0 Å². The van der Waals surface area contributed by atoms with Crippen molar-refractivity contribution in [3.8, 4) is 0 Å². The topological polar surface area (TPSA) is 74.6 Å². The van der Waals surface area contributed by atoms with Gasteiger partial charge in [-0.15, -0.1) is 0 Å². The van der Waals surface area contributed by atoms with Crippen molar-refractivity contribution in [2.75, 3.05) is 27.2 Å². The second-order valence-electron chi connectivity index (χ2n) is 5.53. The first-order chi connectivity index (χ1) is 9.19. The lowest BCUT2D eigenvalue weighted by atomic mass is 10.1. The summed E-state index contributed by atoms with van der Waals surface area (Å²) < 4.78 is 32.2. The number of sulfonamides is 1. The molecule has 1 aromatic heterocycles. The Labute approximate surface area is 121 Å². The van der Waals surface area contributed by atoms with Crippen LogP contribution in [0.25, 0.3) is 0 Å². The quantitative estimate of drug-likeness (QED) is 0.749. The fourth-order valence-electron chi connectivity index (χ4n) is 1.35. The van der Waals surface area contributed by atoms with Crippen molar-refractivity contribution >= 4 is 10.0 Å². The molecule has 0 radical (unpaired) electrons. The van der Waals surface area contributed by atoms with Crippen LogP contribution in [0.5, 0.6) is 0 Å². The number of hydrogen-bond donors (Lipinski definition) is 2. The van der Waals surface area contributed by atoms with E-state index in [0.717, 1.165) is 6.54 Å². The van der Waals surface area contributed by atoms with Gasteiger partial charge in [-0.2, -0.15) is 0 Å². The summed E-state index contributed by atoms with van der Waals surface area (Å²) in [7, 11) is 0.223. The molecule has 0 atom stereocenters. The molecular formula is C13H25N3O3S. The average Bonchev–Trinajstić information content (AvgIpc) is 2.83. The highest BCUT2D eigenvalue weighted by atomic mass is 32.2. The summed E-state index contributed by atoms with van der Waals surface area (Å²) in [4.78, 5) is 1.97. The Hall–Kier alpha value is -0.890. The maximum absolute atomic E-state index is 12.1. The molecule has 116 valence electrons. The minimum Gasteiger partial charge on any atom is -0.447 e. The van der Waals surface area contributed by atoms with Gasteiger partial charge in [0.05, 0.1) is 6.54 Å². The zero-order chi connectivity index (χ0) is 15.4. The minimum atomic E-state index is -3.60. The van der Waals surface area contributed by atoms with E-state index in [-0.39, 0.29) is 10.6 Å². The van der Waals surface area contributed by atoms with Crippen molar-refractivity contribution in [1.29, 1.82) is 0 Å². The van der Waals surface area contributed by atoms with Crippen LogP contribution in [0.2, 0.25) is 0 Å². The molecule has 0 aliphatic carbocycles. The molecule has 1 rings (SSSR count). The van der Waals surface area contributed by atoms with Crippen LogP contribution in [0.15, 0.2) is 21.6 Å². The van der Waals surface area contributed by atoms with Crippen molar-refractivity contribution < 1.29 is 12.8 Å². The molecule has 7 heteroatoms. The molecule has 0 saturated heterocycles. The maximum atomic E-state index is 12.1. The third-order valence-corrected chi connectivity index (χ3v) is 4.63. The van der Waals surface area contributed by atoms with Crippen molar-refractivity contribution in [2.24, 2.45) is 0 Å². The van der Waals surface area contributed by atoms with Gasteiger partial charge in [-0.1, -0.05) is 6.92 Å². The fraction of sp³-hybridized carbons (Fsp3) is 0.692. The van der Waals surface area contributed by atoms with Gasteiger partial charge in [-0.3, -0.25) is 0 Å². The van der Waals surface area contributed by atoms with Crippen LogP contribution in [0.4, 0.5) is 0 Å². The van der Waals surface area contributed by atoms with Gasteiger partial charge in [0.2, 0.25) is 5.09 Å². The van der Waals surface area contributed by atoms with Crippen molar-refractivity contribution in [3.05, 3.63) is 17.9 Å². The highest BCUT2D eigenvalue weighted by molar-refractivity contribution is 7.89. The predicted octanol–water partition coefficient (Wildman–Crippen LogP) is 1.01. The van der Waals surface area contributed by atoms with Crippen LogP contribution in [0.3, 0.4) is 0 Å². The van der Waals surface area contributed by atoms with Crippen LogP contribution < -0.4 is 10.0 Å². The fourth-order valence-corrected chi connectivity index (χ4v) is 2.50. The molecule has 0 amide bonds. The molecule has 0 aliphatic rings. The van der Waals surface area contributed by atoms with E-state index in [1.54, 1.807) is 6.07 Å². The van der Waals surface area contributed by atoms with Gasteiger partial charge in [-0.05, 0) is 46.6 Å². The zero-order valence-electron chi connectivity index (χ0n) is 12.9. The number of nitrogens with zero attached hydrogens (tertiary/aromatic N) is 1. The van der Waals surface area contributed by atoms with Gasteiger partial charge in [0.15, 0.2) is 0 Å². The molecule has 1 heterocycles. The smallest absolute Gasteiger partial charge is 0.274 e. The second kappa shape index (κ2) is 6.71. The number of nitrogens with one attached hydrogen (secondary N) is 2. The maximum Gasteiger partial charge on any atom is 0.274 e. The van der Waals surface area contributed by atoms with Crippen LogP contribution in [0, 0.1) is 0 Å². The van der Waals surface area contributed by atoms with Gasteiger partial charge in [0.25, 0.3) is 10.0 Å².